The van der Waals surface area contributed by atoms with Crippen LogP contribution in [0.1, 0.15) is 46.0 Å². The zero-order chi connectivity index (χ0) is 9.68. The molecule has 2 nitrogen and oxygen atoms in total. The van der Waals surface area contributed by atoms with E-state index in [0.717, 1.165) is 24.9 Å². The zero-order valence-electron chi connectivity index (χ0n) is 9.05. The van der Waals surface area contributed by atoms with E-state index in [-0.39, 0.29) is 0 Å². The molecule has 0 saturated heterocycles. The number of hydrogen-bond acceptors (Lipinski definition) is 2. The first-order valence-electron chi connectivity index (χ1n) is 5.71. The normalized spacial score (nSPS) is 30.7. The maximum atomic E-state index is 5.93. The van der Waals surface area contributed by atoms with Crippen molar-refractivity contribution < 1.29 is 0 Å². The quantitative estimate of drug-likeness (QED) is 0.685. The Kier molecular flexibility index (Phi) is 4.74. The van der Waals surface area contributed by atoms with E-state index in [0.29, 0.717) is 6.04 Å². The molecule has 0 aromatic rings. The first-order chi connectivity index (χ1) is 6.22. The van der Waals surface area contributed by atoms with Crippen LogP contribution in [0.5, 0.6) is 0 Å². The predicted molar refractivity (Wildman–Crippen MR) is 57.7 cm³/mol. The van der Waals surface area contributed by atoms with Crippen molar-refractivity contribution in [2.45, 2.75) is 58.0 Å². The predicted octanol–water partition coefficient (Wildman–Crippen LogP) is 1.89. The summed E-state index contributed by atoms with van der Waals surface area (Å²) in [5, 5.41) is 3.57. The lowest BCUT2D eigenvalue weighted by Crippen LogP contribution is -2.38. The van der Waals surface area contributed by atoms with Gasteiger partial charge in [0.1, 0.15) is 0 Å². The Bertz CT molecular complexity index is 136. The molecule has 0 aromatic heterocycles. The third-order valence-electron chi connectivity index (χ3n) is 3.02. The van der Waals surface area contributed by atoms with Crippen LogP contribution in [0.3, 0.4) is 0 Å². The second-order valence-electron chi connectivity index (χ2n) is 4.57. The van der Waals surface area contributed by atoms with Gasteiger partial charge in [0, 0.05) is 18.6 Å². The monoisotopic (exact) mass is 184 g/mol. The van der Waals surface area contributed by atoms with Gasteiger partial charge in [-0.1, -0.05) is 20.3 Å². The Labute approximate surface area is 82.3 Å². The Morgan fingerprint density at radius 1 is 1.46 bits per heavy atom. The summed E-state index contributed by atoms with van der Waals surface area (Å²) >= 11 is 0. The molecular weight excluding hydrogens is 160 g/mol. The number of nitrogens with one attached hydrogen (secondary N) is 1. The Morgan fingerprint density at radius 3 is 2.77 bits per heavy atom. The molecule has 0 aliphatic heterocycles. The van der Waals surface area contributed by atoms with Crippen LogP contribution in [0.4, 0.5) is 0 Å². The van der Waals surface area contributed by atoms with E-state index in [1.807, 2.05) is 0 Å². The van der Waals surface area contributed by atoms with Crippen molar-refractivity contribution in [1.82, 2.24) is 5.32 Å². The van der Waals surface area contributed by atoms with Crippen LogP contribution in [0.25, 0.3) is 0 Å². The molecule has 3 N–H and O–H groups in total. The molecule has 1 rings (SSSR count). The molecule has 3 atom stereocenters. The smallest absolute Gasteiger partial charge is 0.0165 e. The summed E-state index contributed by atoms with van der Waals surface area (Å²) in [7, 11) is 0. The number of nitrogens with two attached hydrogens (primary N) is 1. The van der Waals surface area contributed by atoms with Gasteiger partial charge in [0.25, 0.3) is 0 Å². The van der Waals surface area contributed by atoms with Crippen molar-refractivity contribution in [2.75, 3.05) is 6.54 Å². The number of hydrogen-bond donors (Lipinski definition) is 2. The van der Waals surface area contributed by atoms with E-state index in [1.165, 1.54) is 25.7 Å². The molecule has 78 valence electrons. The van der Waals surface area contributed by atoms with Crippen molar-refractivity contribution in [3.8, 4) is 0 Å². The lowest BCUT2D eigenvalue weighted by Gasteiger charge is -2.16. The molecule has 0 radical (unpaired) electrons. The molecule has 0 aromatic carbocycles. The zero-order valence-corrected chi connectivity index (χ0v) is 9.05. The van der Waals surface area contributed by atoms with Crippen LogP contribution in [-0.4, -0.2) is 18.6 Å². The van der Waals surface area contributed by atoms with Gasteiger partial charge in [0.2, 0.25) is 0 Å². The largest absolute Gasteiger partial charge is 0.327 e. The summed E-state index contributed by atoms with van der Waals surface area (Å²) in [4.78, 5) is 0. The van der Waals surface area contributed by atoms with Crippen LogP contribution in [-0.2, 0) is 0 Å². The van der Waals surface area contributed by atoms with Gasteiger partial charge in [0.15, 0.2) is 0 Å². The molecule has 1 aliphatic carbocycles. The summed E-state index contributed by atoms with van der Waals surface area (Å²) in [6, 6.07) is 1.11. The fraction of sp³-hybridized carbons (Fsp3) is 1.00. The van der Waals surface area contributed by atoms with Crippen LogP contribution in [0.15, 0.2) is 0 Å². The molecule has 0 amide bonds. The van der Waals surface area contributed by atoms with E-state index in [4.69, 9.17) is 5.73 Å². The fourth-order valence-electron chi connectivity index (χ4n) is 2.18. The van der Waals surface area contributed by atoms with Crippen LogP contribution in [0.2, 0.25) is 0 Å². The first-order valence-corrected chi connectivity index (χ1v) is 5.71. The Balaban J connectivity index is 2.05. The SMILES string of the molecule is CCCC(N)CNC1CCC(C)C1. The van der Waals surface area contributed by atoms with Crippen molar-refractivity contribution in [3.63, 3.8) is 0 Å². The second-order valence-corrected chi connectivity index (χ2v) is 4.57. The molecule has 0 spiro atoms. The minimum absolute atomic E-state index is 0.362. The highest BCUT2D eigenvalue weighted by Crippen LogP contribution is 2.24. The molecule has 1 saturated carbocycles. The Morgan fingerprint density at radius 2 is 2.23 bits per heavy atom. The molecular formula is C11H24N2. The highest BCUT2D eigenvalue weighted by molar-refractivity contribution is 4.79. The molecule has 0 heterocycles. The average Bonchev–Trinajstić information content (AvgIpc) is 2.49. The molecule has 13 heavy (non-hydrogen) atoms. The summed E-state index contributed by atoms with van der Waals surface area (Å²) in [5.74, 6) is 0.917. The van der Waals surface area contributed by atoms with Gasteiger partial charge < -0.3 is 11.1 Å². The van der Waals surface area contributed by atoms with Crippen LogP contribution in [0, 0.1) is 5.92 Å². The minimum Gasteiger partial charge on any atom is -0.327 e. The van der Waals surface area contributed by atoms with E-state index in [1.54, 1.807) is 0 Å². The maximum absolute atomic E-state index is 5.93. The third-order valence-corrected chi connectivity index (χ3v) is 3.02. The van der Waals surface area contributed by atoms with Crippen molar-refractivity contribution >= 4 is 0 Å². The lowest BCUT2D eigenvalue weighted by atomic mass is 10.1. The molecule has 1 fully saturated rings. The standard InChI is InChI=1S/C11H24N2/c1-3-4-10(12)8-13-11-6-5-9(2)7-11/h9-11,13H,3-8,12H2,1-2H3. The summed E-state index contributed by atoms with van der Waals surface area (Å²) < 4.78 is 0. The molecule has 1 aliphatic rings. The van der Waals surface area contributed by atoms with Crippen molar-refractivity contribution in [1.29, 1.82) is 0 Å². The lowest BCUT2D eigenvalue weighted by molar-refractivity contribution is 0.459. The van der Waals surface area contributed by atoms with Crippen molar-refractivity contribution in [3.05, 3.63) is 0 Å². The fourth-order valence-corrected chi connectivity index (χ4v) is 2.18. The summed E-state index contributed by atoms with van der Waals surface area (Å²) in [5.41, 5.74) is 5.93. The van der Waals surface area contributed by atoms with Crippen molar-refractivity contribution in [2.24, 2.45) is 11.7 Å². The Hall–Kier alpha value is -0.0800. The molecule has 2 heteroatoms. The van der Waals surface area contributed by atoms with E-state index in [9.17, 15) is 0 Å². The summed E-state index contributed by atoms with van der Waals surface area (Å²) in [6.07, 6.45) is 6.43. The van der Waals surface area contributed by atoms with E-state index in [2.05, 4.69) is 19.2 Å². The van der Waals surface area contributed by atoms with Crippen LogP contribution >= 0.6 is 0 Å². The van der Waals surface area contributed by atoms with Gasteiger partial charge in [-0.25, -0.2) is 0 Å². The van der Waals surface area contributed by atoms with E-state index >= 15 is 0 Å². The molecule has 0 bridgehead atoms. The maximum Gasteiger partial charge on any atom is 0.0165 e. The topological polar surface area (TPSA) is 38.0 Å². The van der Waals surface area contributed by atoms with Gasteiger partial charge in [-0.05, 0) is 31.6 Å². The minimum atomic E-state index is 0.362. The average molecular weight is 184 g/mol. The van der Waals surface area contributed by atoms with Gasteiger partial charge in [0.05, 0.1) is 0 Å². The highest BCUT2D eigenvalue weighted by atomic mass is 14.9. The van der Waals surface area contributed by atoms with Gasteiger partial charge in [-0.15, -0.1) is 0 Å². The third kappa shape index (κ3) is 4.10. The van der Waals surface area contributed by atoms with Gasteiger partial charge in [-0.3, -0.25) is 0 Å². The van der Waals surface area contributed by atoms with Gasteiger partial charge in [-0.2, -0.15) is 0 Å². The van der Waals surface area contributed by atoms with Crippen LogP contribution < -0.4 is 11.1 Å². The van der Waals surface area contributed by atoms with Gasteiger partial charge >= 0.3 is 0 Å². The number of rotatable bonds is 5. The highest BCUT2D eigenvalue weighted by Gasteiger charge is 2.20. The molecule has 3 unspecified atom stereocenters. The first kappa shape index (κ1) is 11.0. The van der Waals surface area contributed by atoms with E-state index < -0.39 is 0 Å². The summed E-state index contributed by atoms with van der Waals surface area (Å²) in [6.45, 7) is 5.54. The second kappa shape index (κ2) is 5.61.